The number of carbonyl (C=O) groups excluding carboxylic acids is 2. The Morgan fingerprint density at radius 3 is 2.90 bits per heavy atom. The van der Waals surface area contributed by atoms with Crippen molar-refractivity contribution in [3.63, 3.8) is 0 Å². The number of fused-ring (bicyclic) bond motifs is 1. The highest BCUT2D eigenvalue weighted by Crippen LogP contribution is 2.29. The number of nitrogens with one attached hydrogen (secondary N) is 2. The molecule has 0 bridgehead atoms. The number of carbonyl (C=O) groups is 2. The van der Waals surface area contributed by atoms with Crippen LogP contribution in [0.15, 0.2) is 28.8 Å². The number of thiazole rings is 1. The van der Waals surface area contributed by atoms with E-state index in [2.05, 4.69) is 25.0 Å². The van der Waals surface area contributed by atoms with Gasteiger partial charge in [0, 0.05) is 24.2 Å². The normalized spacial score (nSPS) is 11.0. The maximum Gasteiger partial charge on any atom is 0.354 e. The minimum atomic E-state index is -0.472. The topological polar surface area (TPSA) is 119 Å². The van der Waals surface area contributed by atoms with Gasteiger partial charge in [-0.25, -0.2) is 14.8 Å². The summed E-state index contributed by atoms with van der Waals surface area (Å²) in [5.74, 6) is -0.822. The van der Waals surface area contributed by atoms with Gasteiger partial charge in [0.15, 0.2) is 5.13 Å². The van der Waals surface area contributed by atoms with E-state index in [1.807, 2.05) is 0 Å². The molecule has 4 aromatic heterocycles. The number of H-pyrrole nitrogens is 1. The fraction of sp³-hybridized carbons (Fsp3) is 0.167. The van der Waals surface area contributed by atoms with Crippen LogP contribution in [0.5, 0.6) is 0 Å². The van der Waals surface area contributed by atoms with E-state index in [1.165, 1.54) is 40.7 Å². The number of aromatic amines is 1. The van der Waals surface area contributed by atoms with Gasteiger partial charge < -0.3 is 14.3 Å². The molecule has 0 saturated heterocycles. The Kier molecular flexibility index (Phi) is 4.76. The van der Waals surface area contributed by atoms with Gasteiger partial charge in [0.05, 0.1) is 29.4 Å². The Labute approximate surface area is 172 Å². The molecule has 0 aliphatic heterocycles. The Morgan fingerprint density at radius 1 is 1.34 bits per heavy atom. The Bertz CT molecular complexity index is 1310. The maximum atomic E-state index is 12.7. The minimum absolute atomic E-state index is 0.187. The van der Waals surface area contributed by atoms with E-state index in [0.29, 0.717) is 42.7 Å². The predicted octanol–water partition coefficient (Wildman–Crippen LogP) is 2.79. The van der Waals surface area contributed by atoms with Gasteiger partial charge in [-0.15, -0.1) is 22.7 Å². The third-order valence-corrected chi connectivity index (χ3v) is 6.28. The molecule has 4 aromatic rings. The fourth-order valence-electron chi connectivity index (χ4n) is 2.81. The second-order valence-electron chi connectivity index (χ2n) is 6.18. The average molecular weight is 429 g/mol. The van der Waals surface area contributed by atoms with Crippen LogP contribution in [0.25, 0.3) is 21.5 Å². The summed E-state index contributed by atoms with van der Waals surface area (Å²) < 4.78 is 6.06. The van der Waals surface area contributed by atoms with Crippen LogP contribution in [-0.4, -0.2) is 38.5 Å². The van der Waals surface area contributed by atoms with Gasteiger partial charge in [-0.1, -0.05) is 0 Å². The van der Waals surface area contributed by atoms with Crippen LogP contribution in [0.2, 0.25) is 0 Å². The molecule has 1 amide bonds. The second-order valence-corrected chi connectivity index (χ2v) is 8.04. The molecule has 0 fully saturated rings. The van der Waals surface area contributed by atoms with Crippen LogP contribution in [0, 0.1) is 6.92 Å². The van der Waals surface area contributed by atoms with Gasteiger partial charge in [0.1, 0.15) is 10.5 Å². The van der Waals surface area contributed by atoms with Crippen LogP contribution in [0.3, 0.4) is 0 Å². The monoisotopic (exact) mass is 429 g/mol. The van der Waals surface area contributed by atoms with Crippen LogP contribution >= 0.6 is 22.7 Å². The van der Waals surface area contributed by atoms with Crippen molar-refractivity contribution in [2.24, 2.45) is 7.05 Å². The standard InChI is InChI=1S/C18H15N5O4S2/c1-8-12-15(20-7-23(2)16(12)25)29-13(8)14(24)22-18-21-11(6-28-18)9-4-10(19-5-9)17(26)27-3/h4-7,19H,1-3H3,(H,21,22,24). The molecule has 29 heavy (non-hydrogen) atoms. The zero-order valence-corrected chi connectivity index (χ0v) is 17.2. The van der Waals surface area contributed by atoms with Gasteiger partial charge in [-0.05, 0) is 18.6 Å². The summed E-state index contributed by atoms with van der Waals surface area (Å²) in [6.07, 6.45) is 3.08. The predicted molar refractivity (Wildman–Crippen MR) is 111 cm³/mol. The molecule has 0 saturated carbocycles. The van der Waals surface area contributed by atoms with E-state index < -0.39 is 5.97 Å². The molecular weight excluding hydrogens is 414 g/mol. The van der Waals surface area contributed by atoms with Gasteiger partial charge in [-0.3, -0.25) is 14.9 Å². The number of anilines is 1. The molecule has 0 atom stereocenters. The SMILES string of the molecule is COC(=O)c1cc(-c2csc(NC(=O)c3sc4ncn(C)c(=O)c4c3C)n2)c[nH]1. The van der Waals surface area contributed by atoms with Crippen molar-refractivity contribution in [3.05, 3.63) is 50.5 Å². The third kappa shape index (κ3) is 3.34. The van der Waals surface area contributed by atoms with E-state index in [9.17, 15) is 14.4 Å². The molecule has 0 unspecified atom stereocenters. The molecule has 2 N–H and O–H groups in total. The molecule has 4 heterocycles. The van der Waals surface area contributed by atoms with Gasteiger partial charge >= 0.3 is 5.97 Å². The van der Waals surface area contributed by atoms with Crippen LogP contribution in [-0.2, 0) is 11.8 Å². The number of nitrogens with zero attached hydrogens (tertiary/aromatic N) is 3. The highest BCUT2D eigenvalue weighted by molar-refractivity contribution is 7.21. The summed E-state index contributed by atoms with van der Waals surface area (Å²) in [6.45, 7) is 1.73. The number of rotatable bonds is 4. The zero-order chi connectivity index (χ0) is 20.7. The summed E-state index contributed by atoms with van der Waals surface area (Å²) >= 11 is 2.43. The molecule has 0 aliphatic carbocycles. The molecule has 148 valence electrons. The van der Waals surface area contributed by atoms with Crippen LogP contribution in [0.4, 0.5) is 5.13 Å². The lowest BCUT2D eigenvalue weighted by Gasteiger charge is -2.00. The summed E-state index contributed by atoms with van der Waals surface area (Å²) in [5, 5.41) is 5.40. The van der Waals surface area contributed by atoms with Gasteiger partial charge in [-0.2, -0.15) is 0 Å². The number of thiophene rings is 1. The Morgan fingerprint density at radius 2 is 2.14 bits per heavy atom. The molecular formula is C18H15N5O4S2. The number of ether oxygens (including phenoxy) is 1. The van der Waals surface area contributed by atoms with E-state index in [1.54, 1.807) is 31.6 Å². The number of amides is 1. The molecule has 0 aliphatic rings. The number of hydrogen-bond acceptors (Lipinski definition) is 8. The highest BCUT2D eigenvalue weighted by Gasteiger charge is 2.20. The largest absolute Gasteiger partial charge is 0.464 e. The molecule has 0 aromatic carbocycles. The smallest absolute Gasteiger partial charge is 0.354 e. The minimum Gasteiger partial charge on any atom is -0.464 e. The summed E-state index contributed by atoms with van der Waals surface area (Å²) in [7, 11) is 2.93. The van der Waals surface area contributed by atoms with E-state index in [4.69, 9.17) is 0 Å². The van der Waals surface area contributed by atoms with E-state index >= 15 is 0 Å². The number of esters is 1. The van der Waals surface area contributed by atoms with Crippen LogP contribution < -0.4 is 10.9 Å². The van der Waals surface area contributed by atoms with Crippen molar-refractivity contribution in [2.75, 3.05) is 12.4 Å². The average Bonchev–Trinajstić information content (AvgIpc) is 3.43. The Hall–Kier alpha value is -3.31. The van der Waals surface area contributed by atoms with E-state index in [0.717, 1.165) is 0 Å². The molecule has 11 heteroatoms. The van der Waals surface area contributed by atoms with Crippen molar-refractivity contribution in [2.45, 2.75) is 6.92 Å². The first-order valence-electron chi connectivity index (χ1n) is 8.37. The van der Waals surface area contributed by atoms with Crippen molar-refractivity contribution >= 4 is 49.9 Å². The van der Waals surface area contributed by atoms with Gasteiger partial charge in [0.25, 0.3) is 11.5 Å². The van der Waals surface area contributed by atoms with Crippen molar-refractivity contribution in [3.8, 4) is 11.3 Å². The van der Waals surface area contributed by atoms with Gasteiger partial charge in [0.2, 0.25) is 0 Å². The second kappa shape index (κ2) is 7.26. The van der Waals surface area contributed by atoms with Crippen molar-refractivity contribution < 1.29 is 14.3 Å². The summed E-state index contributed by atoms with van der Waals surface area (Å²) in [5.41, 5.74) is 2.04. The zero-order valence-electron chi connectivity index (χ0n) is 15.6. The Balaban J connectivity index is 1.59. The number of methoxy groups -OCH3 is 1. The molecule has 4 rings (SSSR count). The van der Waals surface area contributed by atoms with Crippen LogP contribution in [0.1, 0.15) is 25.7 Å². The third-order valence-electron chi connectivity index (χ3n) is 4.33. The maximum absolute atomic E-state index is 12.7. The lowest BCUT2D eigenvalue weighted by Crippen LogP contribution is -2.17. The molecule has 9 nitrogen and oxygen atoms in total. The number of aromatic nitrogens is 4. The summed E-state index contributed by atoms with van der Waals surface area (Å²) in [4.78, 5) is 49.0. The molecule has 0 spiro atoms. The lowest BCUT2D eigenvalue weighted by molar-refractivity contribution is 0.0594. The van der Waals surface area contributed by atoms with Crippen molar-refractivity contribution in [1.82, 2.24) is 19.5 Å². The van der Waals surface area contributed by atoms with E-state index in [-0.39, 0.29) is 11.5 Å². The highest BCUT2D eigenvalue weighted by atomic mass is 32.1. The first-order valence-corrected chi connectivity index (χ1v) is 10.1. The molecule has 0 radical (unpaired) electrons. The first kappa shape index (κ1) is 19.0. The number of aryl methyl sites for hydroxylation is 2. The first-order chi connectivity index (χ1) is 13.9. The lowest BCUT2D eigenvalue weighted by atomic mass is 10.2. The number of hydrogen-bond donors (Lipinski definition) is 2. The quantitative estimate of drug-likeness (QED) is 0.482. The fourth-order valence-corrected chi connectivity index (χ4v) is 4.56. The summed E-state index contributed by atoms with van der Waals surface area (Å²) in [6, 6.07) is 1.63. The van der Waals surface area contributed by atoms with Crippen molar-refractivity contribution in [1.29, 1.82) is 0 Å².